The van der Waals surface area contributed by atoms with Gasteiger partial charge in [-0.05, 0) is 31.9 Å². The van der Waals surface area contributed by atoms with Gasteiger partial charge in [0.2, 0.25) is 0 Å². The number of nitrogens with one attached hydrogen (secondary N) is 3. The topological polar surface area (TPSA) is 65.1 Å². The molecular formula is C18H23N5S. The largest absolute Gasteiger partial charge is 0.361 e. The van der Waals surface area contributed by atoms with Gasteiger partial charge in [0.05, 0.1) is 17.2 Å². The number of aromatic amines is 1. The van der Waals surface area contributed by atoms with Crippen LogP contribution in [0, 0.1) is 13.8 Å². The number of para-hydroxylation sites is 1. The number of fused-ring (bicyclic) bond motifs is 1. The molecule has 0 saturated carbocycles. The second kappa shape index (κ2) is 7.49. The smallest absolute Gasteiger partial charge is 0.191 e. The molecule has 1 aromatic carbocycles. The highest BCUT2D eigenvalue weighted by molar-refractivity contribution is 7.11. The van der Waals surface area contributed by atoms with E-state index >= 15 is 0 Å². The van der Waals surface area contributed by atoms with Crippen molar-refractivity contribution in [2.24, 2.45) is 4.99 Å². The van der Waals surface area contributed by atoms with Crippen LogP contribution in [0.3, 0.4) is 0 Å². The minimum atomic E-state index is 0.754. The molecule has 2 aromatic heterocycles. The number of benzene rings is 1. The van der Waals surface area contributed by atoms with Gasteiger partial charge >= 0.3 is 0 Å². The van der Waals surface area contributed by atoms with Crippen LogP contribution in [0.15, 0.2) is 35.5 Å². The second-order valence-corrected chi connectivity index (χ2v) is 6.99. The summed E-state index contributed by atoms with van der Waals surface area (Å²) < 4.78 is 0. The highest BCUT2D eigenvalue weighted by Crippen LogP contribution is 2.18. The summed E-state index contributed by atoms with van der Waals surface area (Å²) in [4.78, 5) is 13.3. The van der Waals surface area contributed by atoms with Gasteiger partial charge in [0, 0.05) is 35.6 Å². The Morgan fingerprint density at radius 2 is 2.08 bits per heavy atom. The first-order valence-corrected chi connectivity index (χ1v) is 8.91. The third-order valence-electron chi connectivity index (χ3n) is 4.00. The fraction of sp³-hybridized carbons (Fsp3) is 0.333. The number of aryl methyl sites for hydroxylation is 2. The predicted molar refractivity (Wildman–Crippen MR) is 102 cm³/mol. The van der Waals surface area contributed by atoms with Crippen LogP contribution < -0.4 is 10.6 Å². The van der Waals surface area contributed by atoms with E-state index in [4.69, 9.17) is 0 Å². The first kappa shape index (κ1) is 16.5. The van der Waals surface area contributed by atoms with E-state index in [-0.39, 0.29) is 0 Å². The lowest BCUT2D eigenvalue weighted by Crippen LogP contribution is -2.37. The molecule has 126 valence electrons. The number of hydrogen-bond acceptors (Lipinski definition) is 3. The third-order valence-corrected chi connectivity index (χ3v) is 5.07. The third kappa shape index (κ3) is 3.76. The minimum absolute atomic E-state index is 0.754. The van der Waals surface area contributed by atoms with Crippen molar-refractivity contribution >= 4 is 28.2 Å². The van der Waals surface area contributed by atoms with Gasteiger partial charge in [-0.2, -0.15) is 0 Å². The molecule has 5 nitrogen and oxygen atoms in total. The normalized spacial score (nSPS) is 11.9. The lowest BCUT2D eigenvalue weighted by molar-refractivity contribution is 0.798. The number of hydrogen-bond donors (Lipinski definition) is 3. The lowest BCUT2D eigenvalue weighted by Gasteiger charge is -2.11. The van der Waals surface area contributed by atoms with E-state index in [0.29, 0.717) is 0 Å². The summed E-state index contributed by atoms with van der Waals surface area (Å²) >= 11 is 1.73. The van der Waals surface area contributed by atoms with Gasteiger partial charge in [0.1, 0.15) is 0 Å². The summed E-state index contributed by atoms with van der Waals surface area (Å²) in [5, 5.41) is 9.13. The van der Waals surface area contributed by atoms with Crippen molar-refractivity contribution in [3.63, 3.8) is 0 Å². The standard InChI is InChI=1S/C18H23N5S/c1-12-17(24-13(2)23-12)11-22-18(19-3)20-9-8-14-10-21-16-7-5-4-6-15(14)16/h4-7,10,21H,8-9,11H2,1-3H3,(H2,19,20,22). The molecule has 0 aliphatic rings. The van der Waals surface area contributed by atoms with Crippen molar-refractivity contribution in [1.82, 2.24) is 20.6 Å². The van der Waals surface area contributed by atoms with E-state index in [1.54, 1.807) is 18.4 Å². The maximum atomic E-state index is 4.45. The van der Waals surface area contributed by atoms with Crippen LogP contribution in [-0.4, -0.2) is 29.5 Å². The molecule has 6 heteroatoms. The van der Waals surface area contributed by atoms with Crippen LogP contribution in [0.4, 0.5) is 0 Å². The van der Waals surface area contributed by atoms with Gasteiger partial charge in [-0.3, -0.25) is 4.99 Å². The first-order chi connectivity index (χ1) is 11.7. The highest BCUT2D eigenvalue weighted by Gasteiger charge is 2.06. The van der Waals surface area contributed by atoms with Crippen molar-refractivity contribution < 1.29 is 0 Å². The fourth-order valence-corrected chi connectivity index (χ4v) is 3.65. The van der Waals surface area contributed by atoms with Gasteiger partial charge in [-0.25, -0.2) is 4.98 Å². The molecule has 0 unspecified atom stereocenters. The highest BCUT2D eigenvalue weighted by atomic mass is 32.1. The number of guanidine groups is 1. The molecule has 3 rings (SSSR count). The molecular weight excluding hydrogens is 318 g/mol. The molecule has 0 aliphatic heterocycles. The summed E-state index contributed by atoms with van der Waals surface area (Å²) in [5.41, 5.74) is 3.60. The molecule has 3 N–H and O–H groups in total. The fourth-order valence-electron chi connectivity index (χ4n) is 2.78. The Hall–Kier alpha value is -2.34. The Bertz CT molecular complexity index is 846. The second-order valence-electron chi connectivity index (χ2n) is 5.70. The molecule has 2 heterocycles. The first-order valence-electron chi connectivity index (χ1n) is 8.10. The monoisotopic (exact) mass is 341 g/mol. The molecule has 0 spiro atoms. The van der Waals surface area contributed by atoms with Gasteiger partial charge < -0.3 is 15.6 Å². The summed E-state index contributed by atoms with van der Waals surface area (Å²) in [6.07, 6.45) is 3.04. The van der Waals surface area contributed by atoms with Crippen molar-refractivity contribution in [2.45, 2.75) is 26.8 Å². The van der Waals surface area contributed by atoms with Crippen LogP contribution in [0.1, 0.15) is 21.1 Å². The molecule has 0 amide bonds. The zero-order valence-electron chi connectivity index (χ0n) is 14.3. The zero-order valence-corrected chi connectivity index (χ0v) is 15.1. The molecule has 0 radical (unpaired) electrons. The van der Waals surface area contributed by atoms with Crippen LogP contribution >= 0.6 is 11.3 Å². The maximum Gasteiger partial charge on any atom is 0.191 e. The van der Waals surface area contributed by atoms with Crippen LogP contribution in [0.5, 0.6) is 0 Å². The molecule has 0 bridgehead atoms. The van der Waals surface area contributed by atoms with Gasteiger partial charge in [0.15, 0.2) is 5.96 Å². The number of rotatable bonds is 5. The number of H-pyrrole nitrogens is 1. The van der Waals surface area contributed by atoms with Crippen molar-refractivity contribution in [2.75, 3.05) is 13.6 Å². The molecule has 0 atom stereocenters. The Morgan fingerprint density at radius 3 is 2.83 bits per heavy atom. The Kier molecular flexibility index (Phi) is 5.15. The van der Waals surface area contributed by atoms with E-state index in [2.05, 4.69) is 56.1 Å². The van der Waals surface area contributed by atoms with Crippen LogP contribution in [0.25, 0.3) is 10.9 Å². The van der Waals surface area contributed by atoms with E-state index in [1.165, 1.54) is 21.3 Å². The molecule has 0 aliphatic carbocycles. The SMILES string of the molecule is CN=C(NCCc1c[nH]c2ccccc12)NCc1sc(C)nc1C. The molecule has 3 aromatic rings. The number of thiazole rings is 1. The van der Waals surface area contributed by atoms with Gasteiger partial charge in [-0.1, -0.05) is 18.2 Å². The number of aromatic nitrogens is 2. The quantitative estimate of drug-likeness (QED) is 0.493. The Labute approximate surface area is 146 Å². The Morgan fingerprint density at radius 1 is 1.25 bits per heavy atom. The van der Waals surface area contributed by atoms with E-state index in [1.807, 2.05) is 13.8 Å². The van der Waals surface area contributed by atoms with Gasteiger partial charge in [-0.15, -0.1) is 11.3 Å². The average Bonchev–Trinajstić information content (AvgIpc) is 3.13. The van der Waals surface area contributed by atoms with Crippen LogP contribution in [-0.2, 0) is 13.0 Å². The van der Waals surface area contributed by atoms with Gasteiger partial charge in [0.25, 0.3) is 0 Å². The van der Waals surface area contributed by atoms with E-state index < -0.39 is 0 Å². The van der Waals surface area contributed by atoms with Crippen molar-refractivity contribution in [3.05, 3.63) is 51.6 Å². The Balaban J connectivity index is 1.52. The summed E-state index contributed by atoms with van der Waals surface area (Å²) in [7, 11) is 1.80. The average molecular weight is 341 g/mol. The summed E-state index contributed by atoms with van der Waals surface area (Å²) in [5.74, 6) is 0.820. The van der Waals surface area contributed by atoms with Crippen molar-refractivity contribution in [1.29, 1.82) is 0 Å². The maximum absolute atomic E-state index is 4.45. The summed E-state index contributed by atoms with van der Waals surface area (Å²) in [6, 6.07) is 8.39. The van der Waals surface area contributed by atoms with Crippen molar-refractivity contribution in [3.8, 4) is 0 Å². The number of aliphatic imine (C=N–C) groups is 1. The van der Waals surface area contributed by atoms with Crippen LogP contribution in [0.2, 0.25) is 0 Å². The zero-order chi connectivity index (χ0) is 16.9. The summed E-state index contributed by atoms with van der Waals surface area (Å²) in [6.45, 7) is 5.68. The number of nitrogens with zero attached hydrogens (tertiary/aromatic N) is 2. The molecule has 24 heavy (non-hydrogen) atoms. The predicted octanol–water partition coefficient (Wildman–Crippen LogP) is 3.15. The van der Waals surface area contributed by atoms with E-state index in [0.717, 1.165) is 36.2 Å². The lowest BCUT2D eigenvalue weighted by atomic mass is 10.1. The minimum Gasteiger partial charge on any atom is -0.361 e. The molecule has 0 fully saturated rings. The van der Waals surface area contributed by atoms with E-state index in [9.17, 15) is 0 Å². The molecule has 0 saturated heterocycles.